The lowest BCUT2D eigenvalue weighted by Gasteiger charge is -2.22. The van der Waals surface area contributed by atoms with Gasteiger partial charge in [0.1, 0.15) is 11.4 Å². The van der Waals surface area contributed by atoms with Crippen LogP contribution < -0.4 is 5.32 Å². The largest absolute Gasteiger partial charge is 0.477 e. The van der Waals surface area contributed by atoms with Crippen molar-refractivity contribution in [1.29, 1.82) is 0 Å². The lowest BCUT2D eigenvalue weighted by Crippen LogP contribution is -2.22. The first-order valence-corrected chi connectivity index (χ1v) is 7.27. The van der Waals surface area contributed by atoms with E-state index in [0.29, 0.717) is 22.3 Å². The van der Waals surface area contributed by atoms with Gasteiger partial charge in [-0.1, -0.05) is 6.42 Å². The van der Waals surface area contributed by atoms with Crippen molar-refractivity contribution in [3.63, 3.8) is 0 Å². The smallest absolute Gasteiger partial charge is 0.341 e. The molecule has 1 unspecified atom stereocenters. The van der Waals surface area contributed by atoms with Crippen molar-refractivity contribution < 1.29 is 9.90 Å². The number of nitrogens with zero attached hydrogens (tertiary/aromatic N) is 2. The van der Waals surface area contributed by atoms with Crippen LogP contribution in [0.2, 0.25) is 0 Å². The fourth-order valence-corrected chi connectivity index (χ4v) is 3.53. The molecule has 1 aliphatic rings. The van der Waals surface area contributed by atoms with Gasteiger partial charge >= 0.3 is 5.97 Å². The van der Waals surface area contributed by atoms with Crippen molar-refractivity contribution in [3.8, 4) is 0 Å². The summed E-state index contributed by atoms with van der Waals surface area (Å²) < 4.78 is 1.62. The van der Waals surface area contributed by atoms with Gasteiger partial charge in [-0.15, -0.1) is 0 Å². The Morgan fingerprint density at radius 2 is 2.39 bits per heavy atom. The molecule has 0 saturated carbocycles. The number of aromatic carboxylic acids is 1. The quantitative estimate of drug-likeness (QED) is 0.876. The third-order valence-electron chi connectivity index (χ3n) is 3.21. The van der Waals surface area contributed by atoms with Gasteiger partial charge in [-0.3, -0.25) is 4.68 Å². The van der Waals surface area contributed by atoms with Gasteiger partial charge in [0.25, 0.3) is 0 Å². The lowest BCUT2D eigenvalue weighted by atomic mass is 10.2. The summed E-state index contributed by atoms with van der Waals surface area (Å²) >= 11 is 1.97. The van der Waals surface area contributed by atoms with Crippen LogP contribution in [-0.2, 0) is 7.05 Å². The van der Waals surface area contributed by atoms with E-state index in [1.165, 1.54) is 25.0 Å². The number of hydrogen-bond acceptors (Lipinski definition) is 4. The number of carboxylic acids is 1. The minimum absolute atomic E-state index is 0.290. The number of anilines is 1. The molecule has 0 bridgehead atoms. The van der Waals surface area contributed by atoms with Crippen LogP contribution in [0.1, 0.15) is 35.3 Å². The van der Waals surface area contributed by atoms with E-state index in [2.05, 4.69) is 10.4 Å². The van der Waals surface area contributed by atoms with E-state index < -0.39 is 5.97 Å². The third kappa shape index (κ3) is 2.80. The minimum Gasteiger partial charge on any atom is -0.477 e. The van der Waals surface area contributed by atoms with E-state index in [1.807, 2.05) is 11.8 Å². The van der Waals surface area contributed by atoms with Gasteiger partial charge < -0.3 is 10.4 Å². The third-order valence-corrected chi connectivity index (χ3v) is 4.61. The van der Waals surface area contributed by atoms with Crippen LogP contribution in [0.4, 0.5) is 5.82 Å². The molecule has 5 nitrogen and oxygen atoms in total. The first kappa shape index (κ1) is 13.3. The van der Waals surface area contributed by atoms with E-state index in [0.717, 1.165) is 6.54 Å². The van der Waals surface area contributed by atoms with Crippen LogP contribution in [0.3, 0.4) is 0 Å². The van der Waals surface area contributed by atoms with Crippen molar-refractivity contribution in [1.82, 2.24) is 9.78 Å². The Morgan fingerprint density at radius 3 is 3.00 bits per heavy atom. The predicted molar refractivity (Wildman–Crippen MR) is 73.5 cm³/mol. The zero-order chi connectivity index (χ0) is 13.1. The number of aryl methyl sites for hydroxylation is 2. The normalized spacial score (nSPS) is 19.8. The molecule has 1 fully saturated rings. The van der Waals surface area contributed by atoms with Crippen LogP contribution in [0, 0.1) is 6.92 Å². The highest BCUT2D eigenvalue weighted by Gasteiger charge is 2.21. The Bertz CT molecular complexity index is 439. The van der Waals surface area contributed by atoms with Gasteiger partial charge in [-0.2, -0.15) is 16.9 Å². The summed E-state index contributed by atoms with van der Waals surface area (Å²) in [5.41, 5.74) is 0.849. The lowest BCUT2D eigenvalue weighted by molar-refractivity contribution is 0.0697. The second-order valence-electron chi connectivity index (χ2n) is 4.61. The molecule has 0 radical (unpaired) electrons. The maximum atomic E-state index is 11.2. The summed E-state index contributed by atoms with van der Waals surface area (Å²) in [6, 6.07) is 0. The van der Waals surface area contributed by atoms with Crippen LogP contribution >= 0.6 is 11.8 Å². The molecule has 0 amide bonds. The highest BCUT2D eigenvalue weighted by atomic mass is 32.2. The number of hydrogen-bond donors (Lipinski definition) is 2. The maximum Gasteiger partial charge on any atom is 0.341 e. The molecule has 1 aliphatic heterocycles. The highest BCUT2D eigenvalue weighted by Crippen LogP contribution is 2.26. The molecular formula is C12H19N3O2S. The number of carboxylic acid groups (broad SMARTS) is 1. The fraction of sp³-hybridized carbons (Fsp3) is 0.667. The summed E-state index contributed by atoms with van der Waals surface area (Å²) in [4.78, 5) is 11.2. The molecule has 2 heterocycles. The van der Waals surface area contributed by atoms with Gasteiger partial charge in [-0.25, -0.2) is 4.79 Å². The van der Waals surface area contributed by atoms with Crippen LogP contribution in [-0.4, -0.2) is 38.4 Å². The van der Waals surface area contributed by atoms with Crippen molar-refractivity contribution in [2.75, 3.05) is 17.6 Å². The molecule has 1 aromatic rings. The molecule has 100 valence electrons. The Morgan fingerprint density at radius 1 is 1.61 bits per heavy atom. The SMILES string of the molecule is Cc1nn(C)c(NCC2CCCCS2)c1C(=O)O. The molecule has 0 aromatic carbocycles. The van der Waals surface area contributed by atoms with E-state index in [1.54, 1.807) is 18.7 Å². The van der Waals surface area contributed by atoms with E-state index in [-0.39, 0.29) is 0 Å². The van der Waals surface area contributed by atoms with Gasteiger partial charge in [0.15, 0.2) is 0 Å². The summed E-state index contributed by atoms with van der Waals surface area (Å²) in [5.74, 6) is 0.910. The van der Waals surface area contributed by atoms with E-state index >= 15 is 0 Å². The second-order valence-corrected chi connectivity index (χ2v) is 6.02. The number of carbonyl (C=O) groups is 1. The molecule has 6 heteroatoms. The summed E-state index contributed by atoms with van der Waals surface area (Å²) in [5, 5.41) is 17.2. The molecule has 1 saturated heterocycles. The first-order chi connectivity index (χ1) is 8.59. The molecule has 1 atom stereocenters. The zero-order valence-electron chi connectivity index (χ0n) is 10.8. The minimum atomic E-state index is -0.917. The molecular weight excluding hydrogens is 250 g/mol. The Hall–Kier alpha value is -1.17. The summed E-state index contributed by atoms with van der Waals surface area (Å²) in [6.45, 7) is 2.54. The number of rotatable bonds is 4. The Labute approximate surface area is 111 Å². The Balaban J connectivity index is 2.06. The monoisotopic (exact) mass is 269 g/mol. The summed E-state index contributed by atoms with van der Waals surface area (Å²) in [7, 11) is 1.77. The van der Waals surface area contributed by atoms with Crippen molar-refractivity contribution >= 4 is 23.5 Å². The van der Waals surface area contributed by atoms with Gasteiger partial charge in [0, 0.05) is 18.8 Å². The maximum absolute atomic E-state index is 11.2. The van der Waals surface area contributed by atoms with Crippen LogP contribution in [0.25, 0.3) is 0 Å². The van der Waals surface area contributed by atoms with Crippen LogP contribution in [0.15, 0.2) is 0 Å². The molecule has 0 aliphatic carbocycles. The molecule has 0 spiro atoms. The van der Waals surface area contributed by atoms with Gasteiger partial charge in [-0.05, 0) is 25.5 Å². The highest BCUT2D eigenvalue weighted by molar-refractivity contribution is 7.99. The predicted octanol–water partition coefficient (Wildman–Crippen LogP) is 2.12. The van der Waals surface area contributed by atoms with Crippen molar-refractivity contribution in [2.45, 2.75) is 31.4 Å². The Kier molecular flexibility index (Phi) is 4.16. The zero-order valence-corrected chi connectivity index (χ0v) is 11.6. The van der Waals surface area contributed by atoms with E-state index in [9.17, 15) is 9.90 Å². The van der Waals surface area contributed by atoms with Gasteiger partial charge in [0.05, 0.1) is 5.69 Å². The molecule has 2 N–H and O–H groups in total. The van der Waals surface area contributed by atoms with Crippen molar-refractivity contribution in [2.24, 2.45) is 7.05 Å². The average molecular weight is 269 g/mol. The van der Waals surface area contributed by atoms with Crippen LogP contribution in [0.5, 0.6) is 0 Å². The average Bonchev–Trinajstić information content (AvgIpc) is 2.62. The van der Waals surface area contributed by atoms with Gasteiger partial charge in [0.2, 0.25) is 0 Å². The number of aromatic nitrogens is 2. The fourth-order valence-electron chi connectivity index (χ4n) is 2.30. The topological polar surface area (TPSA) is 67.2 Å². The second kappa shape index (κ2) is 5.65. The first-order valence-electron chi connectivity index (χ1n) is 6.22. The number of nitrogens with one attached hydrogen (secondary N) is 1. The molecule has 1 aromatic heterocycles. The number of thioether (sulfide) groups is 1. The molecule has 18 heavy (non-hydrogen) atoms. The van der Waals surface area contributed by atoms with Crippen molar-refractivity contribution in [3.05, 3.63) is 11.3 Å². The molecule has 2 rings (SSSR count). The van der Waals surface area contributed by atoms with E-state index in [4.69, 9.17) is 0 Å². The standard InChI is InChI=1S/C12H19N3O2S/c1-8-10(12(16)17)11(15(2)14-8)13-7-9-5-3-4-6-18-9/h9,13H,3-7H2,1-2H3,(H,16,17). The summed E-state index contributed by atoms with van der Waals surface area (Å²) in [6.07, 6.45) is 3.78.